The second-order valence-electron chi connectivity index (χ2n) is 4.56. The van der Waals surface area contributed by atoms with E-state index in [9.17, 15) is 0 Å². The summed E-state index contributed by atoms with van der Waals surface area (Å²) in [6, 6.07) is 5.55. The first-order valence-electron chi connectivity index (χ1n) is 5.83. The van der Waals surface area contributed by atoms with E-state index < -0.39 is 0 Å². The van der Waals surface area contributed by atoms with Crippen molar-refractivity contribution in [3.8, 4) is 5.75 Å². The number of fused-ring (bicyclic) bond motifs is 1. The molecule has 0 spiro atoms. The van der Waals surface area contributed by atoms with Crippen LogP contribution in [-0.2, 0) is 4.74 Å². The molecule has 0 amide bonds. The molecule has 1 aliphatic heterocycles. The molecule has 1 aromatic carbocycles. The Kier molecular flexibility index (Phi) is 3.61. The molecule has 1 heterocycles. The zero-order valence-corrected chi connectivity index (χ0v) is 11.0. The maximum Gasteiger partial charge on any atom is 0.134 e. The minimum atomic E-state index is -0.311. The summed E-state index contributed by atoms with van der Waals surface area (Å²) in [5.41, 5.74) is 6.88. The van der Waals surface area contributed by atoms with Crippen molar-refractivity contribution < 1.29 is 9.47 Å². The van der Waals surface area contributed by atoms with Crippen LogP contribution in [0.4, 0.5) is 0 Å². The zero-order chi connectivity index (χ0) is 12.5. The molecule has 1 aliphatic rings. The second kappa shape index (κ2) is 4.84. The molecule has 0 saturated heterocycles. The van der Waals surface area contributed by atoms with Gasteiger partial charge in [-0.3, -0.25) is 0 Å². The smallest absolute Gasteiger partial charge is 0.134 e. The van der Waals surface area contributed by atoms with Gasteiger partial charge in [-0.2, -0.15) is 0 Å². The Hall–Kier alpha value is -0.770. The maximum atomic E-state index is 6.20. The summed E-state index contributed by atoms with van der Waals surface area (Å²) in [6.07, 6.45) is 1.63. The van der Waals surface area contributed by atoms with Gasteiger partial charge in [-0.1, -0.05) is 18.5 Å². The van der Waals surface area contributed by atoms with E-state index in [1.807, 2.05) is 18.2 Å². The molecule has 3 nitrogen and oxygen atoms in total. The van der Waals surface area contributed by atoms with Crippen LogP contribution >= 0.6 is 11.6 Å². The van der Waals surface area contributed by atoms with Crippen LogP contribution in [0, 0.1) is 0 Å². The van der Waals surface area contributed by atoms with Crippen LogP contribution < -0.4 is 10.5 Å². The standard InChI is InChI=1S/C13H18ClNO2/c1-3-13(8-16-2)7-11(15)10-6-9(14)4-5-12(10)17-13/h4-6,11H,3,7-8,15H2,1-2H3/t11-,13?/m0/s1. The van der Waals surface area contributed by atoms with Gasteiger partial charge >= 0.3 is 0 Å². The number of benzene rings is 1. The summed E-state index contributed by atoms with van der Waals surface area (Å²) in [5, 5.41) is 0.693. The SMILES string of the molecule is CCC1(COC)C[C@H](N)c2cc(Cl)ccc2O1. The van der Waals surface area contributed by atoms with Gasteiger partial charge in [0, 0.05) is 30.2 Å². The first kappa shape index (κ1) is 12.7. The molecule has 0 fully saturated rings. The van der Waals surface area contributed by atoms with Gasteiger partial charge in [-0.25, -0.2) is 0 Å². The lowest BCUT2D eigenvalue weighted by molar-refractivity contribution is -0.0337. The van der Waals surface area contributed by atoms with Crippen molar-refractivity contribution in [3.05, 3.63) is 28.8 Å². The van der Waals surface area contributed by atoms with Crippen LogP contribution in [0.25, 0.3) is 0 Å². The van der Waals surface area contributed by atoms with Gasteiger partial charge in [-0.15, -0.1) is 0 Å². The lowest BCUT2D eigenvalue weighted by Gasteiger charge is -2.40. The molecule has 1 unspecified atom stereocenters. The van der Waals surface area contributed by atoms with Crippen molar-refractivity contribution in [2.24, 2.45) is 5.73 Å². The first-order chi connectivity index (χ1) is 8.10. The molecular formula is C13H18ClNO2. The van der Waals surface area contributed by atoms with Gasteiger partial charge in [0.15, 0.2) is 0 Å². The Morgan fingerprint density at radius 3 is 3.00 bits per heavy atom. The van der Waals surface area contributed by atoms with Gasteiger partial charge in [0.25, 0.3) is 0 Å². The average Bonchev–Trinajstić information content (AvgIpc) is 2.31. The molecule has 0 saturated carbocycles. The molecule has 4 heteroatoms. The maximum absolute atomic E-state index is 6.20. The molecule has 0 aliphatic carbocycles. The molecule has 1 aromatic rings. The Bertz CT molecular complexity index is 410. The van der Waals surface area contributed by atoms with Gasteiger partial charge in [-0.05, 0) is 24.6 Å². The highest BCUT2D eigenvalue weighted by atomic mass is 35.5. The van der Waals surface area contributed by atoms with Crippen molar-refractivity contribution in [2.45, 2.75) is 31.4 Å². The van der Waals surface area contributed by atoms with E-state index in [0.717, 1.165) is 24.2 Å². The molecule has 0 radical (unpaired) electrons. The van der Waals surface area contributed by atoms with Crippen LogP contribution in [0.15, 0.2) is 18.2 Å². The Morgan fingerprint density at radius 2 is 2.35 bits per heavy atom. The number of halogens is 1. The largest absolute Gasteiger partial charge is 0.484 e. The van der Waals surface area contributed by atoms with E-state index in [2.05, 4.69) is 6.92 Å². The molecule has 2 atom stereocenters. The van der Waals surface area contributed by atoms with Crippen molar-refractivity contribution in [1.29, 1.82) is 0 Å². The fraction of sp³-hybridized carbons (Fsp3) is 0.538. The molecule has 17 heavy (non-hydrogen) atoms. The van der Waals surface area contributed by atoms with E-state index in [-0.39, 0.29) is 11.6 Å². The molecule has 2 N–H and O–H groups in total. The monoisotopic (exact) mass is 255 g/mol. The van der Waals surface area contributed by atoms with Crippen molar-refractivity contribution in [1.82, 2.24) is 0 Å². The summed E-state index contributed by atoms with van der Waals surface area (Å²) in [4.78, 5) is 0. The highest BCUT2D eigenvalue weighted by Crippen LogP contribution is 2.41. The summed E-state index contributed by atoms with van der Waals surface area (Å²) < 4.78 is 11.3. The van der Waals surface area contributed by atoms with E-state index in [0.29, 0.717) is 11.6 Å². The fourth-order valence-corrected chi connectivity index (χ4v) is 2.54. The van der Waals surface area contributed by atoms with E-state index in [1.54, 1.807) is 7.11 Å². The third kappa shape index (κ3) is 2.41. The van der Waals surface area contributed by atoms with Crippen molar-refractivity contribution in [3.63, 3.8) is 0 Å². The second-order valence-corrected chi connectivity index (χ2v) is 5.00. The van der Waals surface area contributed by atoms with E-state index in [1.165, 1.54) is 0 Å². The van der Waals surface area contributed by atoms with Crippen LogP contribution in [0.1, 0.15) is 31.4 Å². The van der Waals surface area contributed by atoms with Gasteiger partial charge in [0.1, 0.15) is 11.4 Å². The van der Waals surface area contributed by atoms with Gasteiger partial charge < -0.3 is 15.2 Å². The third-order valence-corrected chi connectivity index (χ3v) is 3.58. The topological polar surface area (TPSA) is 44.5 Å². The minimum absolute atomic E-state index is 0.0486. The highest BCUT2D eigenvalue weighted by molar-refractivity contribution is 6.30. The number of ether oxygens (including phenoxy) is 2. The van der Waals surface area contributed by atoms with Crippen LogP contribution in [0.5, 0.6) is 5.75 Å². The number of rotatable bonds is 3. The lowest BCUT2D eigenvalue weighted by atomic mass is 9.86. The number of hydrogen-bond acceptors (Lipinski definition) is 3. The summed E-state index contributed by atoms with van der Waals surface area (Å²) in [5.74, 6) is 0.826. The number of nitrogens with two attached hydrogens (primary N) is 1. The first-order valence-corrected chi connectivity index (χ1v) is 6.21. The minimum Gasteiger partial charge on any atom is -0.484 e. The van der Waals surface area contributed by atoms with Crippen molar-refractivity contribution >= 4 is 11.6 Å². The van der Waals surface area contributed by atoms with Crippen LogP contribution in [0.2, 0.25) is 5.02 Å². The normalized spacial score (nSPS) is 27.4. The molecule has 0 bridgehead atoms. The number of methoxy groups -OCH3 is 1. The van der Waals surface area contributed by atoms with E-state index in [4.69, 9.17) is 26.8 Å². The summed E-state index contributed by atoms with van der Waals surface area (Å²) in [6.45, 7) is 2.64. The number of hydrogen-bond donors (Lipinski definition) is 1. The average molecular weight is 256 g/mol. The molecule has 2 rings (SSSR count). The molecule has 94 valence electrons. The molecule has 0 aromatic heterocycles. The van der Waals surface area contributed by atoms with Crippen molar-refractivity contribution in [2.75, 3.05) is 13.7 Å². The van der Waals surface area contributed by atoms with Gasteiger partial charge in [0.05, 0.1) is 6.61 Å². The summed E-state index contributed by atoms with van der Waals surface area (Å²) >= 11 is 5.97. The predicted octanol–water partition coefficient (Wildman–Crippen LogP) is 2.92. The van der Waals surface area contributed by atoms with Gasteiger partial charge in [0.2, 0.25) is 0 Å². The zero-order valence-electron chi connectivity index (χ0n) is 10.2. The highest BCUT2D eigenvalue weighted by Gasteiger charge is 2.38. The van der Waals surface area contributed by atoms with E-state index >= 15 is 0 Å². The lowest BCUT2D eigenvalue weighted by Crippen LogP contribution is -2.46. The third-order valence-electron chi connectivity index (χ3n) is 3.34. The van der Waals surface area contributed by atoms with Crippen LogP contribution in [0.3, 0.4) is 0 Å². The Morgan fingerprint density at radius 1 is 1.59 bits per heavy atom. The Labute approximate surface area is 107 Å². The predicted molar refractivity (Wildman–Crippen MR) is 68.5 cm³/mol. The fourth-order valence-electron chi connectivity index (χ4n) is 2.36. The quantitative estimate of drug-likeness (QED) is 0.903. The molecular weight excluding hydrogens is 238 g/mol. The summed E-state index contributed by atoms with van der Waals surface area (Å²) in [7, 11) is 1.68. The van der Waals surface area contributed by atoms with Crippen LogP contribution in [-0.4, -0.2) is 19.3 Å². The Balaban J connectivity index is 2.35.